The van der Waals surface area contributed by atoms with Gasteiger partial charge in [-0.2, -0.15) is 5.10 Å². The van der Waals surface area contributed by atoms with Gasteiger partial charge in [0, 0.05) is 11.8 Å². The fourth-order valence-corrected chi connectivity index (χ4v) is 3.04. The number of ether oxygens (including phenoxy) is 1. The Morgan fingerprint density at radius 3 is 2.54 bits per heavy atom. The number of benzene rings is 2. The average Bonchev–Trinajstić information content (AvgIpc) is 2.62. The normalized spacial score (nSPS) is 10.9. The van der Waals surface area contributed by atoms with Crippen molar-refractivity contribution in [1.82, 2.24) is 9.78 Å². The highest BCUT2D eigenvalue weighted by molar-refractivity contribution is 6.42. The van der Waals surface area contributed by atoms with E-state index in [1.165, 1.54) is 0 Å². The minimum absolute atomic E-state index is 0.230. The Bertz CT molecular complexity index is 1030. The van der Waals surface area contributed by atoms with Crippen molar-refractivity contribution in [3.05, 3.63) is 74.1 Å². The monoisotopic (exact) mass is 390 g/mol. The lowest BCUT2D eigenvalue weighted by atomic mass is 10.0. The van der Waals surface area contributed by atoms with Crippen molar-refractivity contribution in [2.75, 3.05) is 6.61 Å². The van der Waals surface area contributed by atoms with E-state index in [-0.39, 0.29) is 18.7 Å². The molecule has 1 heterocycles. The van der Waals surface area contributed by atoms with Gasteiger partial charge in [-0.3, -0.25) is 9.59 Å². The first-order chi connectivity index (χ1) is 12.5. The van der Waals surface area contributed by atoms with Gasteiger partial charge in [0.1, 0.15) is 6.54 Å². The minimum atomic E-state index is -0.502. The zero-order valence-electron chi connectivity index (χ0n) is 14.0. The van der Waals surface area contributed by atoms with Crippen LogP contribution in [0.4, 0.5) is 0 Å². The van der Waals surface area contributed by atoms with Crippen LogP contribution in [0.3, 0.4) is 0 Å². The largest absolute Gasteiger partial charge is 0.465 e. The number of hydrogen-bond acceptors (Lipinski definition) is 4. The molecule has 3 rings (SSSR count). The molecular formula is C19H16Cl2N2O3. The van der Waals surface area contributed by atoms with E-state index in [9.17, 15) is 9.59 Å². The maximum Gasteiger partial charge on any atom is 0.327 e. The smallest absolute Gasteiger partial charge is 0.327 e. The summed E-state index contributed by atoms with van der Waals surface area (Å²) in [4.78, 5) is 24.4. The van der Waals surface area contributed by atoms with Crippen LogP contribution in [0.15, 0.2) is 47.3 Å². The number of nitrogens with zero attached hydrogens (tertiary/aromatic N) is 2. The molecule has 0 radical (unpaired) electrons. The van der Waals surface area contributed by atoms with Gasteiger partial charge in [0.2, 0.25) is 0 Å². The number of esters is 1. The molecule has 0 saturated heterocycles. The summed E-state index contributed by atoms with van der Waals surface area (Å²) in [5.41, 5.74) is 1.24. The van der Waals surface area contributed by atoms with Crippen molar-refractivity contribution in [3.8, 4) is 0 Å². The van der Waals surface area contributed by atoms with Crippen LogP contribution in [-0.2, 0) is 22.5 Å². The predicted octanol–water partition coefficient (Wildman–Crippen LogP) is 3.86. The molecule has 0 atom stereocenters. The number of fused-ring (bicyclic) bond motifs is 1. The quantitative estimate of drug-likeness (QED) is 0.620. The summed E-state index contributed by atoms with van der Waals surface area (Å²) >= 11 is 12.1. The van der Waals surface area contributed by atoms with Crippen molar-refractivity contribution in [2.24, 2.45) is 0 Å². The van der Waals surface area contributed by atoms with Crippen LogP contribution in [0, 0.1) is 0 Å². The first-order valence-corrected chi connectivity index (χ1v) is 8.83. The van der Waals surface area contributed by atoms with E-state index in [4.69, 9.17) is 27.9 Å². The molecule has 0 aliphatic rings. The number of halogens is 2. The van der Waals surface area contributed by atoms with Gasteiger partial charge in [-0.15, -0.1) is 0 Å². The molecule has 0 aliphatic carbocycles. The highest BCUT2D eigenvalue weighted by Gasteiger charge is 2.14. The Kier molecular flexibility index (Phi) is 5.59. The van der Waals surface area contributed by atoms with Gasteiger partial charge in [-0.05, 0) is 30.7 Å². The molecular weight excluding hydrogens is 375 g/mol. The summed E-state index contributed by atoms with van der Waals surface area (Å²) < 4.78 is 6.08. The SMILES string of the molecule is CCOC(=O)Cn1nc(Cc2ccc(Cl)c(Cl)c2)c2ccccc2c1=O. The zero-order valence-corrected chi connectivity index (χ0v) is 15.5. The predicted molar refractivity (Wildman–Crippen MR) is 102 cm³/mol. The van der Waals surface area contributed by atoms with Crippen molar-refractivity contribution in [1.29, 1.82) is 0 Å². The second-order valence-corrected chi connectivity index (χ2v) is 6.50. The van der Waals surface area contributed by atoms with Gasteiger partial charge in [-0.1, -0.05) is 47.5 Å². The summed E-state index contributed by atoms with van der Waals surface area (Å²) in [6.07, 6.45) is 0.445. The third-order valence-electron chi connectivity index (χ3n) is 3.88. The molecule has 2 aromatic carbocycles. The lowest BCUT2D eigenvalue weighted by molar-refractivity contribution is -0.144. The second-order valence-electron chi connectivity index (χ2n) is 5.69. The standard InChI is InChI=1S/C19H16Cl2N2O3/c1-2-26-18(24)11-23-19(25)14-6-4-3-5-13(14)17(22-23)10-12-7-8-15(20)16(21)9-12/h3-9H,2,10-11H2,1H3. The topological polar surface area (TPSA) is 61.2 Å². The molecule has 134 valence electrons. The minimum Gasteiger partial charge on any atom is -0.465 e. The van der Waals surface area contributed by atoms with Crippen molar-refractivity contribution in [2.45, 2.75) is 19.9 Å². The molecule has 1 aromatic heterocycles. The highest BCUT2D eigenvalue weighted by atomic mass is 35.5. The molecule has 0 unspecified atom stereocenters. The number of aromatic nitrogens is 2. The van der Waals surface area contributed by atoms with Crippen LogP contribution < -0.4 is 5.56 Å². The fraction of sp³-hybridized carbons (Fsp3) is 0.211. The van der Waals surface area contributed by atoms with Gasteiger partial charge in [0.15, 0.2) is 0 Å². The molecule has 0 aliphatic heterocycles. The molecule has 0 spiro atoms. The van der Waals surface area contributed by atoms with E-state index in [0.717, 1.165) is 15.6 Å². The van der Waals surface area contributed by atoms with Gasteiger partial charge in [0.25, 0.3) is 5.56 Å². The Balaban J connectivity index is 2.08. The number of carbonyl (C=O) groups is 1. The maximum absolute atomic E-state index is 12.6. The average molecular weight is 391 g/mol. The zero-order chi connectivity index (χ0) is 18.7. The molecule has 3 aromatic rings. The fourth-order valence-electron chi connectivity index (χ4n) is 2.71. The molecule has 0 saturated carbocycles. The molecule has 0 bridgehead atoms. The van der Waals surface area contributed by atoms with Crippen LogP contribution >= 0.6 is 23.2 Å². The van der Waals surface area contributed by atoms with E-state index < -0.39 is 5.97 Å². The maximum atomic E-state index is 12.6. The Labute approximate surface area is 160 Å². The van der Waals surface area contributed by atoms with Crippen LogP contribution in [0.5, 0.6) is 0 Å². The molecule has 5 nitrogen and oxygen atoms in total. The van der Waals surface area contributed by atoms with Crippen LogP contribution in [0.25, 0.3) is 10.8 Å². The van der Waals surface area contributed by atoms with Crippen molar-refractivity contribution in [3.63, 3.8) is 0 Å². The summed E-state index contributed by atoms with van der Waals surface area (Å²) in [7, 11) is 0. The second kappa shape index (κ2) is 7.89. The Morgan fingerprint density at radius 1 is 1.12 bits per heavy atom. The van der Waals surface area contributed by atoms with Gasteiger partial charge < -0.3 is 4.74 Å². The van der Waals surface area contributed by atoms with E-state index in [2.05, 4.69) is 5.10 Å². The van der Waals surface area contributed by atoms with Gasteiger partial charge in [0.05, 0.1) is 27.7 Å². The van der Waals surface area contributed by atoms with E-state index in [0.29, 0.717) is 27.5 Å². The highest BCUT2D eigenvalue weighted by Crippen LogP contribution is 2.24. The third-order valence-corrected chi connectivity index (χ3v) is 4.62. The van der Waals surface area contributed by atoms with Crippen LogP contribution in [0.1, 0.15) is 18.2 Å². The first-order valence-electron chi connectivity index (χ1n) is 8.08. The van der Waals surface area contributed by atoms with Crippen LogP contribution in [0.2, 0.25) is 10.0 Å². The Hall–Kier alpha value is -2.37. The molecule has 0 N–H and O–H groups in total. The Morgan fingerprint density at radius 2 is 1.85 bits per heavy atom. The molecule has 26 heavy (non-hydrogen) atoms. The number of hydrogen-bond donors (Lipinski definition) is 0. The lowest BCUT2D eigenvalue weighted by Crippen LogP contribution is -2.29. The van der Waals surface area contributed by atoms with Crippen molar-refractivity contribution < 1.29 is 9.53 Å². The summed E-state index contributed by atoms with van der Waals surface area (Å²) in [5, 5.41) is 6.56. The summed E-state index contributed by atoms with van der Waals surface area (Å²) in [6.45, 7) is 1.73. The van der Waals surface area contributed by atoms with E-state index in [1.54, 1.807) is 31.2 Å². The lowest BCUT2D eigenvalue weighted by Gasteiger charge is -2.11. The first kappa shape index (κ1) is 18.4. The summed E-state index contributed by atoms with van der Waals surface area (Å²) in [6, 6.07) is 12.5. The van der Waals surface area contributed by atoms with Gasteiger partial charge >= 0.3 is 5.97 Å². The molecule has 0 fully saturated rings. The summed E-state index contributed by atoms with van der Waals surface area (Å²) in [5.74, 6) is -0.502. The van der Waals surface area contributed by atoms with Crippen molar-refractivity contribution >= 4 is 39.9 Å². The number of rotatable bonds is 5. The van der Waals surface area contributed by atoms with E-state index in [1.807, 2.05) is 18.2 Å². The van der Waals surface area contributed by atoms with Gasteiger partial charge in [-0.25, -0.2) is 4.68 Å². The molecule has 0 amide bonds. The number of carbonyl (C=O) groups excluding carboxylic acids is 1. The third kappa shape index (κ3) is 3.89. The molecule has 7 heteroatoms. The van der Waals surface area contributed by atoms with E-state index >= 15 is 0 Å². The van der Waals surface area contributed by atoms with Crippen LogP contribution in [-0.4, -0.2) is 22.4 Å².